The molecule has 0 radical (unpaired) electrons. The molecule has 9 nitrogen and oxygen atoms in total. The van der Waals surface area contributed by atoms with Crippen molar-refractivity contribution in [3.8, 4) is 0 Å². The average molecular weight is 293 g/mol. The molecule has 1 saturated heterocycles. The van der Waals surface area contributed by atoms with E-state index < -0.39 is 10.8 Å². The maximum absolute atomic E-state index is 12.5. The Labute approximate surface area is 120 Å². The van der Waals surface area contributed by atoms with E-state index in [2.05, 4.69) is 15.6 Å². The largest absolute Gasteiger partial charge is 0.372 e. The van der Waals surface area contributed by atoms with Crippen LogP contribution in [0.4, 0.5) is 11.5 Å². The van der Waals surface area contributed by atoms with Gasteiger partial charge in [-0.1, -0.05) is 0 Å². The minimum atomic E-state index is -0.613. The van der Waals surface area contributed by atoms with E-state index in [1.807, 2.05) is 0 Å². The van der Waals surface area contributed by atoms with E-state index in [4.69, 9.17) is 0 Å². The van der Waals surface area contributed by atoms with Gasteiger partial charge in [-0.05, 0) is 6.42 Å². The van der Waals surface area contributed by atoms with E-state index in [1.54, 1.807) is 7.05 Å². The van der Waals surface area contributed by atoms with Gasteiger partial charge in [-0.15, -0.1) is 0 Å². The Morgan fingerprint density at radius 3 is 3.00 bits per heavy atom. The highest BCUT2D eigenvalue weighted by atomic mass is 16.6. The van der Waals surface area contributed by atoms with Crippen molar-refractivity contribution in [2.75, 3.05) is 32.0 Å². The lowest BCUT2D eigenvalue weighted by molar-refractivity contribution is -0.385. The van der Waals surface area contributed by atoms with Gasteiger partial charge < -0.3 is 15.5 Å². The molecule has 9 heteroatoms. The molecule has 2 rings (SSSR count). The summed E-state index contributed by atoms with van der Waals surface area (Å²) in [4.78, 5) is 39.5. The fourth-order valence-electron chi connectivity index (χ4n) is 2.07. The molecule has 0 saturated carbocycles. The van der Waals surface area contributed by atoms with Crippen LogP contribution in [0, 0.1) is 10.1 Å². The SMILES string of the molecule is CNc1ncc([N+](=O)[O-])cc1C(=O)N1CCCNC(=O)C1. The third-order valence-electron chi connectivity index (χ3n) is 3.10. The molecule has 1 fully saturated rings. The third kappa shape index (κ3) is 3.25. The molecule has 112 valence electrons. The number of carbonyl (C=O) groups is 2. The number of pyridine rings is 1. The van der Waals surface area contributed by atoms with Crippen molar-refractivity contribution in [3.63, 3.8) is 0 Å². The van der Waals surface area contributed by atoms with Crippen LogP contribution in [-0.2, 0) is 4.79 Å². The number of anilines is 1. The normalized spacial score (nSPS) is 15.1. The number of rotatable bonds is 3. The average Bonchev–Trinajstić information content (AvgIpc) is 2.70. The fourth-order valence-corrected chi connectivity index (χ4v) is 2.07. The van der Waals surface area contributed by atoms with Gasteiger partial charge in [-0.25, -0.2) is 4.98 Å². The number of aromatic nitrogens is 1. The van der Waals surface area contributed by atoms with E-state index in [9.17, 15) is 19.7 Å². The lowest BCUT2D eigenvalue weighted by atomic mass is 10.2. The molecule has 2 N–H and O–H groups in total. The monoisotopic (exact) mass is 293 g/mol. The molecule has 0 atom stereocenters. The summed E-state index contributed by atoms with van der Waals surface area (Å²) in [7, 11) is 1.57. The molecule has 1 aromatic heterocycles. The zero-order chi connectivity index (χ0) is 15.4. The topological polar surface area (TPSA) is 117 Å². The summed E-state index contributed by atoms with van der Waals surface area (Å²) in [6.45, 7) is 0.850. The molecular weight excluding hydrogens is 278 g/mol. The number of nitrogens with zero attached hydrogens (tertiary/aromatic N) is 3. The third-order valence-corrected chi connectivity index (χ3v) is 3.10. The fraction of sp³-hybridized carbons (Fsp3) is 0.417. The van der Waals surface area contributed by atoms with Crippen LogP contribution in [0.2, 0.25) is 0 Å². The first kappa shape index (κ1) is 14.7. The molecule has 0 bridgehead atoms. The second kappa shape index (κ2) is 6.16. The summed E-state index contributed by atoms with van der Waals surface area (Å²) in [5.41, 5.74) is -0.182. The van der Waals surface area contributed by atoms with Crippen LogP contribution in [0.3, 0.4) is 0 Å². The molecule has 0 aromatic carbocycles. The van der Waals surface area contributed by atoms with Crippen molar-refractivity contribution in [2.24, 2.45) is 0 Å². The van der Waals surface area contributed by atoms with Gasteiger partial charge in [0.15, 0.2) is 0 Å². The first-order valence-corrected chi connectivity index (χ1v) is 6.41. The number of amides is 2. The van der Waals surface area contributed by atoms with Crippen LogP contribution in [0.5, 0.6) is 0 Å². The van der Waals surface area contributed by atoms with E-state index >= 15 is 0 Å². The Morgan fingerprint density at radius 2 is 2.33 bits per heavy atom. The summed E-state index contributed by atoms with van der Waals surface area (Å²) in [5.74, 6) is -0.451. The highest BCUT2D eigenvalue weighted by molar-refractivity contribution is 6.01. The van der Waals surface area contributed by atoms with Crippen molar-refractivity contribution in [1.29, 1.82) is 0 Å². The van der Waals surface area contributed by atoms with Crippen LogP contribution in [0.15, 0.2) is 12.3 Å². The van der Waals surface area contributed by atoms with Crippen molar-refractivity contribution < 1.29 is 14.5 Å². The Balaban J connectivity index is 2.34. The molecule has 1 aliphatic heterocycles. The number of nitro groups is 1. The molecule has 0 spiro atoms. The maximum Gasteiger partial charge on any atom is 0.288 e. The van der Waals surface area contributed by atoms with Crippen molar-refractivity contribution >= 4 is 23.3 Å². The Kier molecular flexibility index (Phi) is 4.31. The Hall–Kier alpha value is -2.71. The predicted molar refractivity (Wildman–Crippen MR) is 74.0 cm³/mol. The molecule has 1 aliphatic rings. The maximum atomic E-state index is 12.5. The lowest BCUT2D eigenvalue weighted by Gasteiger charge is -2.20. The molecule has 2 heterocycles. The number of hydrogen-bond acceptors (Lipinski definition) is 6. The van der Waals surface area contributed by atoms with Gasteiger partial charge in [0.2, 0.25) is 5.91 Å². The highest BCUT2D eigenvalue weighted by Crippen LogP contribution is 2.20. The van der Waals surface area contributed by atoms with Gasteiger partial charge in [0.1, 0.15) is 12.0 Å². The summed E-state index contributed by atoms with van der Waals surface area (Å²) in [6, 6.07) is 1.17. The Morgan fingerprint density at radius 1 is 1.57 bits per heavy atom. The molecular formula is C12H15N5O4. The van der Waals surface area contributed by atoms with E-state index in [0.29, 0.717) is 19.5 Å². The first-order valence-electron chi connectivity index (χ1n) is 6.41. The second-order valence-electron chi connectivity index (χ2n) is 4.53. The van der Waals surface area contributed by atoms with Gasteiger partial charge in [0.05, 0.1) is 17.0 Å². The minimum absolute atomic E-state index is 0.0648. The molecule has 1 aromatic rings. The second-order valence-corrected chi connectivity index (χ2v) is 4.53. The van der Waals surface area contributed by atoms with E-state index in [1.165, 1.54) is 11.0 Å². The highest BCUT2D eigenvalue weighted by Gasteiger charge is 2.25. The minimum Gasteiger partial charge on any atom is -0.372 e. The van der Waals surface area contributed by atoms with Crippen LogP contribution in [-0.4, -0.2) is 53.3 Å². The van der Waals surface area contributed by atoms with Gasteiger partial charge in [-0.2, -0.15) is 0 Å². The van der Waals surface area contributed by atoms with Crippen molar-refractivity contribution in [3.05, 3.63) is 27.9 Å². The summed E-state index contributed by atoms with van der Waals surface area (Å²) in [6.07, 6.45) is 1.71. The molecule has 0 unspecified atom stereocenters. The van der Waals surface area contributed by atoms with Gasteiger partial charge in [-0.3, -0.25) is 19.7 Å². The van der Waals surface area contributed by atoms with E-state index in [-0.39, 0.29) is 29.5 Å². The first-order chi connectivity index (χ1) is 10.0. The van der Waals surface area contributed by atoms with Gasteiger partial charge in [0.25, 0.3) is 11.6 Å². The summed E-state index contributed by atoms with van der Waals surface area (Å²) < 4.78 is 0. The van der Waals surface area contributed by atoms with Crippen LogP contribution in [0.1, 0.15) is 16.8 Å². The quantitative estimate of drug-likeness (QED) is 0.598. The molecule has 21 heavy (non-hydrogen) atoms. The van der Waals surface area contributed by atoms with Crippen LogP contribution >= 0.6 is 0 Å². The van der Waals surface area contributed by atoms with Gasteiger partial charge >= 0.3 is 0 Å². The van der Waals surface area contributed by atoms with Crippen LogP contribution in [0.25, 0.3) is 0 Å². The van der Waals surface area contributed by atoms with Crippen LogP contribution < -0.4 is 10.6 Å². The zero-order valence-electron chi connectivity index (χ0n) is 11.5. The number of carbonyl (C=O) groups excluding carboxylic acids is 2. The van der Waals surface area contributed by atoms with E-state index in [0.717, 1.165) is 6.20 Å². The predicted octanol–water partition coefficient (Wildman–Crippen LogP) is -0.00640. The number of nitrogens with one attached hydrogen (secondary N) is 2. The van der Waals surface area contributed by atoms with Crippen molar-refractivity contribution in [1.82, 2.24) is 15.2 Å². The molecule has 0 aliphatic carbocycles. The smallest absolute Gasteiger partial charge is 0.288 e. The van der Waals surface area contributed by atoms with Gasteiger partial charge in [0, 0.05) is 26.2 Å². The molecule has 2 amide bonds. The zero-order valence-corrected chi connectivity index (χ0v) is 11.5. The summed E-state index contributed by atoms with van der Waals surface area (Å²) >= 11 is 0. The standard InChI is InChI=1S/C12H15N5O4/c1-13-11-9(5-8(6-15-11)17(20)21)12(19)16-4-2-3-14-10(18)7-16/h5-6H,2-4,7H2,1H3,(H,13,15)(H,14,18). The summed E-state index contributed by atoms with van der Waals surface area (Å²) in [5, 5.41) is 16.2. The Bertz CT molecular complexity index is 589. The lowest BCUT2D eigenvalue weighted by Crippen LogP contribution is -2.37. The van der Waals surface area contributed by atoms with Crippen molar-refractivity contribution in [2.45, 2.75) is 6.42 Å². The number of hydrogen-bond donors (Lipinski definition) is 2.